The maximum absolute atomic E-state index is 12.3. The lowest BCUT2D eigenvalue weighted by molar-refractivity contribution is -0.147. The van der Waals surface area contributed by atoms with Crippen molar-refractivity contribution in [2.75, 3.05) is 6.61 Å². The second-order valence-corrected chi connectivity index (χ2v) is 5.15. The van der Waals surface area contributed by atoms with Crippen molar-refractivity contribution in [3.05, 3.63) is 48.0 Å². The first kappa shape index (κ1) is 15.3. The van der Waals surface area contributed by atoms with Crippen LogP contribution in [-0.2, 0) is 9.59 Å². The van der Waals surface area contributed by atoms with Crippen molar-refractivity contribution in [3.8, 4) is 0 Å². The average molecular weight is 289 g/mol. The number of rotatable bonds is 5. The zero-order chi connectivity index (χ0) is 15.2. The monoisotopic (exact) mass is 289 g/mol. The minimum absolute atomic E-state index is 0.226. The van der Waals surface area contributed by atoms with Crippen molar-refractivity contribution < 1.29 is 19.8 Å². The van der Waals surface area contributed by atoms with Gasteiger partial charge in [-0.1, -0.05) is 42.5 Å². The number of aliphatic hydroxyl groups is 1. The molecule has 0 heterocycles. The molecule has 0 saturated heterocycles. The van der Waals surface area contributed by atoms with E-state index in [2.05, 4.69) is 5.32 Å². The Kier molecular flexibility index (Phi) is 5.11. The molecule has 1 aliphatic rings. The molecule has 1 amide bonds. The Hall–Kier alpha value is -2.14. The van der Waals surface area contributed by atoms with E-state index in [4.69, 9.17) is 0 Å². The highest BCUT2D eigenvalue weighted by molar-refractivity contribution is 5.85. The second-order valence-electron chi connectivity index (χ2n) is 5.15. The van der Waals surface area contributed by atoms with Crippen LogP contribution in [0.2, 0.25) is 0 Å². The van der Waals surface area contributed by atoms with Crippen molar-refractivity contribution in [3.63, 3.8) is 0 Å². The lowest BCUT2D eigenvalue weighted by Crippen LogP contribution is -2.41. The Labute approximate surface area is 123 Å². The summed E-state index contributed by atoms with van der Waals surface area (Å²) in [4.78, 5) is 23.6. The Morgan fingerprint density at radius 2 is 1.76 bits per heavy atom. The van der Waals surface area contributed by atoms with Crippen molar-refractivity contribution >= 4 is 11.9 Å². The lowest BCUT2D eigenvalue weighted by Gasteiger charge is -2.26. The largest absolute Gasteiger partial charge is 0.481 e. The summed E-state index contributed by atoms with van der Waals surface area (Å²) in [5.74, 6) is -2.58. The van der Waals surface area contributed by atoms with E-state index in [9.17, 15) is 19.8 Å². The number of benzene rings is 1. The molecule has 5 heteroatoms. The fraction of sp³-hybridized carbons (Fsp3) is 0.375. The molecule has 0 aliphatic heterocycles. The number of aliphatic carboxylic acids is 1. The second kappa shape index (κ2) is 7.04. The zero-order valence-electron chi connectivity index (χ0n) is 11.6. The number of hydrogen-bond donors (Lipinski definition) is 3. The van der Waals surface area contributed by atoms with Gasteiger partial charge in [-0.15, -0.1) is 0 Å². The molecule has 0 spiro atoms. The summed E-state index contributed by atoms with van der Waals surface area (Å²) in [5, 5.41) is 21.4. The van der Waals surface area contributed by atoms with E-state index in [0.717, 1.165) is 5.56 Å². The van der Waals surface area contributed by atoms with Gasteiger partial charge in [0, 0.05) is 0 Å². The van der Waals surface area contributed by atoms with Crippen molar-refractivity contribution in [1.29, 1.82) is 0 Å². The summed E-state index contributed by atoms with van der Waals surface area (Å²) < 4.78 is 0. The molecular weight excluding hydrogens is 270 g/mol. The molecule has 1 aromatic carbocycles. The van der Waals surface area contributed by atoms with Crippen LogP contribution in [0.15, 0.2) is 42.5 Å². The quantitative estimate of drug-likeness (QED) is 0.717. The van der Waals surface area contributed by atoms with Gasteiger partial charge in [0.1, 0.15) is 0 Å². The first-order valence-corrected chi connectivity index (χ1v) is 6.97. The number of amides is 1. The Morgan fingerprint density at radius 3 is 2.33 bits per heavy atom. The van der Waals surface area contributed by atoms with Crippen LogP contribution in [0.5, 0.6) is 0 Å². The minimum atomic E-state index is -0.959. The third-order valence-electron chi connectivity index (χ3n) is 3.79. The summed E-state index contributed by atoms with van der Waals surface area (Å²) in [6, 6.07) is 8.62. The normalized spacial score (nSPS) is 22.5. The van der Waals surface area contributed by atoms with Crippen molar-refractivity contribution in [1.82, 2.24) is 5.32 Å². The van der Waals surface area contributed by atoms with Crippen LogP contribution in [-0.4, -0.2) is 28.7 Å². The van der Waals surface area contributed by atoms with Gasteiger partial charge in [-0.05, 0) is 18.4 Å². The smallest absolute Gasteiger partial charge is 0.307 e. The molecule has 1 aliphatic carbocycles. The van der Waals surface area contributed by atoms with Crippen molar-refractivity contribution in [2.45, 2.75) is 18.9 Å². The third kappa shape index (κ3) is 3.70. The van der Waals surface area contributed by atoms with Gasteiger partial charge in [0.05, 0.1) is 24.5 Å². The number of aliphatic hydroxyl groups excluding tert-OH is 1. The fourth-order valence-electron chi connectivity index (χ4n) is 2.58. The Balaban J connectivity index is 2.08. The summed E-state index contributed by atoms with van der Waals surface area (Å²) >= 11 is 0. The maximum atomic E-state index is 12.3. The molecule has 2 rings (SSSR count). The maximum Gasteiger partial charge on any atom is 0.307 e. The topological polar surface area (TPSA) is 86.6 Å². The van der Waals surface area contributed by atoms with E-state index in [1.54, 1.807) is 6.08 Å². The first-order valence-electron chi connectivity index (χ1n) is 6.97. The first-order chi connectivity index (χ1) is 10.1. The number of allylic oxidation sites excluding steroid dienone is 2. The summed E-state index contributed by atoms with van der Waals surface area (Å²) in [5.41, 5.74) is 0.798. The highest BCUT2D eigenvalue weighted by Crippen LogP contribution is 2.27. The van der Waals surface area contributed by atoms with Crippen LogP contribution in [0, 0.1) is 11.8 Å². The molecule has 3 N–H and O–H groups in total. The molecular formula is C16H19NO4. The zero-order valence-corrected chi connectivity index (χ0v) is 11.6. The van der Waals surface area contributed by atoms with Gasteiger partial charge in [-0.2, -0.15) is 0 Å². The van der Waals surface area contributed by atoms with Crippen LogP contribution >= 0.6 is 0 Å². The lowest BCUT2D eigenvalue weighted by atomic mass is 9.82. The van der Waals surface area contributed by atoms with Gasteiger partial charge >= 0.3 is 5.97 Å². The highest BCUT2D eigenvalue weighted by Gasteiger charge is 2.34. The predicted molar refractivity (Wildman–Crippen MR) is 77.4 cm³/mol. The molecule has 0 bridgehead atoms. The highest BCUT2D eigenvalue weighted by atomic mass is 16.4. The van der Waals surface area contributed by atoms with Gasteiger partial charge in [-0.3, -0.25) is 9.59 Å². The van der Waals surface area contributed by atoms with Gasteiger partial charge in [-0.25, -0.2) is 0 Å². The number of carboxylic acids is 1. The van der Waals surface area contributed by atoms with Crippen LogP contribution in [0.25, 0.3) is 0 Å². The number of carbonyl (C=O) groups is 2. The molecule has 112 valence electrons. The van der Waals surface area contributed by atoms with Crippen LogP contribution in [0.4, 0.5) is 0 Å². The standard InChI is InChI=1S/C16H19NO4/c18-10-14(11-6-2-1-3-7-11)17-15(19)12-8-4-5-9-13(12)16(20)21/h1-7,12-14,18H,8-10H2,(H,17,19)(H,20,21)/t12?,13?,14-/m0/s1. The molecule has 0 aromatic heterocycles. The number of nitrogens with one attached hydrogen (secondary N) is 1. The molecule has 0 fully saturated rings. The molecule has 0 radical (unpaired) electrons. The van der Waals surface area contributed by atoms with E-state index in [1.165, 1.54) is 0 Å². The van der Waals surface area contributed by atoms with Crippen LogP contribution in [0.1, 0.15) is 24.4 Å². The fourth-order valence-corrected chi connectivity index (χ4v) is 2.58. The molecule has 21 heavy (non-hydrogen) atoms. The number of carboxylic acid groups (broad SMARTS) is 1. The van der Waals surface area contributed by atoms with E-state index in [-0.39, 0.29) is 12.5 Å². The van der Waals surface area contributed by atoms with Gasteiger partial charge < -0.3 is 15.5 Å². The van der Waals surface area contributed by atoms with E-state index in [1.807, 2.05) is 36.4 Å². The summed E-state index contributed by atoms with van der Waals surface area (Å²) in [7, 11) is 0. The van der Waals surface area contributed by atoms with E-state index in [0.29, 0.717) is 12.8 Å². The van der Waals surface area contributed by atoms with Gasteiger partial charge in [0.15, 0.2) is 0 Å². The van der Waals surface area contributed by atoms with E-state index < -0.39 is 23.8 Å². The Bertz CT molecular complexity index is 526. The van der Waals surface area contributed by atoms with Crippen LogP contribution in [0.3, 0.4) is 0 Å². The summed E-state index contributed by atoms with van der Waals surface area (Å²) in [6.07, 6.45) is 4.40. The number of hydrogen-bond acceptors (Lipinski definition) is 3. The predicted octanol–water partition coefficient (Wildman–Crippen LogP) is 1.50. The molecule has 2 unspecified atom stereocenters. The van der Waals surface area contributed by atoms with Gasteiger partial charge in [0.25, 0.3) is 0 Å². The van der Waals surface area contributed by atoms with E-state index >= 15 is 0 Å². The summed E-state index contributed by atoms with van der Waals surface area (Å²) in [6.45, 7) is -0.226. The van der Waals surface area contributed by atoms with Crippen molar-refractivity contribution in [2.24, 2.45) is 11.8 Å². The molecule has 5 nitrogen and oxygen atoms in total. The average Bonchev–Trinajstić information content (AvgIpc) is 2.53. The molecule has 0 saturated carbocycles. The third-order valence-corrected chi connectivity index (χ3v) is 3.79. The Morgan fingerprint density at radius 1 is 1.14 bits per heavy atom. The SMILES string of the molecule is O=C(O)C1CC=CCC1C(=O)N[C@@H](CO)c1ccccc1. The van der Waals surface area contributed by atoms with Gasteiger partial charge in [0.2, 0.25) is 5.91 Å². The molecule has 3 atom stereocenters. The molecule has 1 aromatic rings. The number of carbonyl (C=O) groups excluding carboxylic acids is 1. The minimum Gasteiger partial charge on any atom is -0.481 e. The van der Waals surface area contributed by atoms with Crippen LogP contribution < -0.4 is 5.32 Å².